The molecule has 0 aromatic carbocycles. The molecule has 0 saturated carbocycles. The van der Waals surface area contributed by atoms with Gasteiger partial charge in [0.1, 0.15) is 10.1 Å². The van der Waals surface area contributed by atoms with Crippen molar-refractivity contribution in [2.45, 2.75) is 26.2 Å². The Morgan fingerprint density at radius 2 is 1.80 bits per heavy atom. The fraction of sp³-hybridized carbons (Fsp3) is 0.625. The first-order valence-electron chi connectivity index (χ1n) is 3.97. The summed E-state index contributed by atoms with van der Waals surface area (Å²) in [5.41, 5.74) is -1.59. The molecule has 0 bridgehead atoms. The molecule has 1 unspecified atom stereocenters. The third-order valence-electron chi connectivity index (χ3n) is 1.40. The minimum atomic E-state index is -4.63. The van der Waals surface area contributed by atoms with Crippen LogP contribution in [0.4, 0.5) is 0 Å². The van der Waals surface area contributed by atoms with Crippen molar-refractivity contribution in [2.24, 2.45) is 5.92 Å². The topological polar surface area (TPSA) is 83.5 Å². The molecule has 0 aliphatic heterocycles. The summed E-state index contributed by atoms with van der Waals surface area (Å²) in [6, 6.07) is 0. The van der Waals surface area contributed by atoms with E-state index in [1.165, 1.54) is 20.8 Å². The normalized spacial score (nSPS) is 12.9. The van der Waals surface area contributed by atoms with Crippen LogP contribution in [0.3, 0.4) is 0 Å². The number of hydrogen-bond donors (Lipinski definition) is 0. The van der Waals surface area contributed by atoms with Crippen molar-refractivity contribution < 1.29 is 73.9 Å². The Morgan fingerprint density at radius 1 is 1.40 bits per heavy atom. The van der Waals surface area contributed by atoms with Gasteiger partial charge in [-0.25, -0.2) is 13.2 Å². The smallest absolute Gasteiger partial charge is 0.745 e. The molecule has 1 atom stereocenters. The molecule has 0 N–H and O–H groups in total. The number of esters is 1. The van der Waals surface area contributed by atoms with Crippen LogP contribution in [0.15, 0.2) is 12.2 Å². The minimum Gasteiger partial charge on any atom is -0.745 e. The summed E-state index contributed by atoms with van der Waals surface area (Å²) in [6.07, 6.45) is 0. The molecule has 82 valence electrons. The van der Waals surface area contributed by atoms with Gasteiger partial charge in [-0.05, 0) is 6.92 Å². The quantitative estimate of drug-likeness (QED) is 0.244. The third kappa shape index (κ3) is 6.83. The predicted octanol–water partition coefficient (Wildman–Crippen LogP) is -2.36. The van der Waals surface area contributed by atoms with Crippen molar-refractivity contribution >= 4 is 16.1 Å². The Bertz CT molecular complexity index is 333. The van der Waals surface area contributed by atoms with Crippen LogP contribution in [0.1, 0.15) is 20.8 Å². The Labute approximate surface area is 132 Å². The molecule has 0 fully saturated rings. The summed E-state index contributed by atoms with van der Waals surface area (Å²) in [5.74, 6) is -1.45. The fourth-order valence-corrected chi connectivity index (χ4v) is 1.61. The summed E-state index contributed by atoms with van der Waals surface area (Å²) in [7, 11) is -4.63. The maximum absolute atomic E-state index is 11.0. The van der Waals surface area contributed by atoms with Crippen molar-refractivity contribution in [3.8, 4) is 0 Å². The van der Waals surface area contributed by atoms with E-state index in [0.29, 0.717) is 0 Å². The van der Waals surface area contributed by atoms with Crippen LogP contribution in [-0.4, -0.2) is 24.4 Å². The molecule has 0 heterocycles. The number of carbonyl (C=O) groups is 1. The van der Waals surface area contributed by atoms with Gasteiger partial charge in [0, 0.05) is 11.5 Å². The van der Waals surface area contributed by atoms with Gasteiger partial charge in [-0.2, -0.15) is 0 Å². The molecular weight excluding hydrogens is 247 g/mol. The van der Waals surface area contributed by atoms with Crippen LogP contribution in [0.2, 0.25) is 0 Å². The molecule has 0 rings (SSSR count). The monoisotopic (exact) mass is 260 g/mol. The van der Waals surface area contributed by atoms with E-state index in [1.807, 2.05) is 0 Å². The molecule has 0 aromatic rings. The summed E-state index contributed by atoms with van der Waals surface area (Å²) in [5, 5.41) is 0. The van der Waals surface area contributed by atoms with Crippen LogP contribution in [0, 0.1) is 5.92 Å². The Kier molecular flexibility index (Phi) is 8.65. The molecule has 0 amide bonds. The number of carbonyl (C=O) groups excluding carboxylic acids is 1. The van der Waals surface area contributed by atoms with Crippen molar-refractivity contribution in [2.75, 3.05) is 0 Å². The fourth-order valence-electron chi connectivity index (χ4n) is 0.734. The van der Waals surface area contributed by atoms with Crippen LogP contribution >= 0.6 is 0 Å². The first-order chi connectivity index (χ1) is 6.16. The maximum atomic E-state index is 11.0. The van der Waals surface area contributed by atoms with Gasteiger partial charge in [-0.3, -0.25) is 0 Å². The van der Waals surface area contributed by atoms with Gasteiger partial charge in [0.2, 0.25) is 0 Å². The van der Waals surface area contributed by atoms with Gasteiger partial charge < -0.3 is 9.29 Å². The molecule has 5 nitrogen and oxygen atoms in total. The van der Waals surface area contributed by atoms with Crippen LogP contribution in [-0.2, 0) is 19.6 Å². The van der Waals surface area contributed by atoms with Crippen LogP contribution < -0.4 is 51.4 Å². The first kappa shape index (κ1) is 18.1. The van der Waals surface area contributed by atoms with Crippen molar-refractivity contribution in [3.63, 3.8) is 0 Å². The summed E-state index contributed by atoms with van der Waals surface area (Å²) in [6.45, 7) is 7.61. The van der Waals surface area contributed by atoms with Gasteiger partial charge in [0.15, 0.2) is 5.44 Å². The molecule has 0 radical (unpaired) electrons. The molecule has 0 aliphatic rings. The van der Waals surface area contributed by atoms with E-state index >= 15 is 0 Å². The number of hydrogen-bond acceptors (Lipinski definition) is 5. The number of ether oxygens (including phenoxy) is 1. The van der Waals surface area contributed by atoms with E-state index in [9.17, 15) is 17.8 Å². The van der Waals surface area contributed by atoms with Crippen molar-refractivity contribution in [3.05, 3.63) is 12.2 Å². The van der Waals surface area contributed by atoms with E-state index in [4.69, 9.17) is 0 Å². The average molecular weight is 260 g/mol. The van der Waals surface area contributed by atoms with Gasteiger partial charge in [-0.15, -0.1) is 0 Å². The zero-order valence-electron chi connectivity index (χ0n) is 9.31. The Hall–Kier alpha value is 0.756. The van der Waals surface area contributed by atoms with Crippen molar-refractivity contribution in [1.82, 2.24) is 0 Å². The summed E-state index contributed by atoms with van der Waals surface area (Å²) in [4.78, 5) is 11.0. The van der Waals surface area contributed by atoms with Gasteiger partial charge >= 0.3 is 57.4 Å². The van der Waals surface area contributed by atoms with E-state index in [0.717, 1.165) is 0 Å². The molecule has 15 heavy (non-hydrogen) atoms. The van der Waals surface area contributed by atoms with E-state index < -0.39 is 27.4 Å². The molecular formula is C8H13KO5S. The molecule has 7 heteroatoms. The Balaban J connectivity index is 0. The molecule has 0 aromatic heterocycles. The predicted molar refractivity (Wildman–Crippen MR) is 49.2 cm³/mol. The second-order valence-electron chi connectivity index (χ2n) is 3.29. The Morgan fingerprint density at radius 3 is 2.00 bits per heavy atom. The summed E-state index contributed by atoms with van der Waals surface area (Å²) >= 11 is 0. The summed E-state index contributed by atoms with van der Waals surface area (Å²) < 4.78 is 36.5. The van der Waals surface area contributed by atoms with Gasteiger partial charge in [0.05, 0.1) is 0 Å². The molecule has 0 spiro atoms. The zero-order chi connectivity index (χ0) is 11.5. The second-order valence-corrected chi connectivity index (χ2v) is 4.74. The van der Waals surface area contributed by atoms with E-state index in [-0.39, 0.29) is 57.0 Å². The van der Waals surface area contributed by atoms with Crippen LogP contribution in [0.25, 0.3) is 0 Å². The third-order valence-corrected chi connectivity index (χ3v) is 2.61. The maximum Gasteiger partial charge on any atom is 1.00 e. The van der Waals surface area contributed by atoms with Gasteiger partial charge in [-0.1, -0.05) is 20.4 Å². The zero-order valence-corrected chi connectivity index (χ0v) is 13.3. The molecule has 0 saturated heterocycles. The first-order valence-corrected chi connectivity index (χ1v) is 5.44. The van der Waals surface area contributed by atoms with Gasteiger partial charge in [0.25, 0.3) is 0 Å². The second kappa shape index (κ2) is 7.15. The molecule has 0 aliphatic carbocycles. The largest absolute Gasteiger partial charge is 1.00 e. The van der Waals surface area contributed by atoms with E-state index in [2.05, 4.69) is 11.3 Å². The minimum absolute atomic E-state index is 0. The van der Waals surface area contributed by atoms with Crippen LogP contribution in [0.5, 0.6) is 0 Å². The van der Waals surface area contributed by atoms with Crippen molar-refractivity contribution in [1.29, 1.82) is 0 Å². The average Bonchev–Trinajstić information content (AvgIpc) is 1.96. The standard InChI is InChI=1S/C8H14O5S.K/c1-5(2)7(9)13-8(6(3)4)14(10,11)12;/h6,8H,1H2,2-4H3,(H,10,11,12);/q;+1/p-1. The van der Waals surface area contributed by atoms with E-state index in [1.54, 1.807) is 0 Å². The SMILES string of the molecule is C=C(C)C(=O)OC(C(C)C)S(=O)(=O)[O-].[K+]. The number of rotatable bonds is 4.